The zero-order chi connectivity index (χ0) is 35.9. The van der Waals surface area contributed by atoms with E-state index in [-0.39, 0.29) is 41.1 Å². The lowest BCUT2D eigenvalue weighted by atomic mass is 10.1. The minimum atomic E-state index is -1.33. The lowest BCUT2D eigenvalue weighted by molar-refractivity contribution is -0.392. The summed E-state index contributed by atoms with van der Waals surface area (Å²) in [7, 11) is 0. The van der Waals surface area contributed by atoms with E-state index in [1.807, 2.05) is 11.8 Å². The lowest BCUT2D eigenvalue weighted by Gasteiger charge is -2.38. The number of pyridine rings is 1. The average Bonchev–Trinajstić information content (AvgIpc) is 3.43. The molecule has 2 atom stereocenters. The number of hydrogen-bond donors (Lipinski definition) is 1. The quantitative estimate of drug-likeness (QED) is 0.0662. The number of aromatic carboxylic acids is 1. The fourth-order valence-electron chi connectivity index (χ4n) is 6.91. The first-order valence-electron chi connectivity index (χ1n) is 17.6. The van der Waals surface area contributed by atoms with Crippen molar-refractivity contribution in [1.82, 2.24) is 19.0 Å². The summed E-state index contributed by atoms with van der Waals surface area (Å²) in [5.74, 6) is -1.99. The molecule has 2 aromatic heterocycles. The van der Waals surface area contributed by atoms with E-state index in [1.54, 1.807) is 17.6 Å². The van der Waals surface area contributed by atoms with Crippen molar-refractivity contribution in [2.75, 3.05) is 37.6 Å². The second kappa shape index (κ2) is 16.8. The summed E-state index contributed by atoms with van der Waals surface area (Å²) in [6, 6.07) is 2.77. The number of imidazole rings is 1. The van der Waals surface area contributed by atoms with E-state index in [2.05, 4.69) is 16.8 Å². The number of aryl methyl sites for hydroxylation is 1. The molecule has 4 heterocycles. The topological polar surface area (TPSA) is 153 Å². The van der Waals surface area contributed by atoms with Crippen molar-refractivity contribution in [3.05, 3.63) is 55.9 Å². The Morgan fingerprint density at radius 1 is 1.08 bits per heavy atom. The van der Waals surface area contributed by atoms with E-state index in [1.165, 1.54) is 54.6 Å². The van der Waals surface area contributed by atoms with Crippen LogP contribution in [0.5, 0.6) is 0 Å². The van der Waals surface area contributed by atoms with E-state index >= 15 is 4.39 Å². The Hall–Kier alpha value is -3.98. The van der Waals surface area contributed by atoms with Gasteiger partial charge < -0.3 is 29.4 Å². The van der Waals surface area contributed by atoms with Crippen LogP contribution in [0.1, 0.15) is 99.6 Å². The van der Waals surface area contributed by atoms with Gasteiger partial charge in [0.2, 0.25) is 5.43 Å². The van der Waals surface area contributed by atoms with Crippen LogP contribution in [0, 0.1) is 22.9 Å². The second-order valence-corrected chi connectivity index (χ2v) is 14.5. The number of unbranched alkanes of at least 4 members (excludes halogenated alkanes) is 8. The standard InChI is InChI=1S/C35H47FN6O7S/c1-4-5-6-7-8-9-10-11-12-13-31(43)49-25(22-40-23(2)37-20-30(40)42(47)48)21-38-14-16-39(17-15-38)29-19-28-26(18-27(29)36)33(44)32(35(45)46)34-41(28)24(3)50-34/h18-20,24-25H,4-17,21-22H2,1-3H3,(H,45,46). The molecule has 15 heteroatoms. The third-order valence-corrected chi connectivity index (χ3v) is 10.8. The number of aromatic nitrogens is 3. The molecule has 3 aromatic rings. The molecule has 50 heavy (non-hydrogen) atoms. The summed E-state index contributed by atoms with van der Waals surface area (Å²) in [5.41, 5.74) is -0.204. The maximum absolute atomic E-state index is 15.5. The Balaban J connectivity index is 1.23. The van der Waals surface area contributed by atoms with Gasteiger partial charge in [-0.25, -0.2) is 18.7 Å². The number of thioether (sulfide) groups is 1. The molecule has 13 nitrogen and oxygen atoms in total. The second-order valence-electron chi connectivity index (χ2n) is 13.2. The summed E-state index contributed by atoms with van der Waals surface area (Å²) in [4.78, 5) is 57.1. The number of nitrogens with zero attached hydrogens (tertiary/aromatic N) is 6. The minimum absolute atomic E-state index is 0.0362. The maximum atomic E-state index is 15.5. The van der Waals surface area contributed by atoms with E-state index < -0.39 is 28.2 Å². The zero-order valence-electron chi connectivity index (χ0n) is 29.1. The number of benzene rings is 1. The molecule has 2 unspecified atom stereocenters. The summed E-state index contributed by atoms with van der Waals surface area (Å²) >= 11 is 1.30. The number of hydrogen-bond acceptors (Lipinski definition) is 10. The van der Waals surface area contributed by atoms with Crippen molar-refractivity contribution in [3.8, 4) is 0 Å². The number of carbonyl (C=O) groups is 2. The van der Waals surface area contributed by atoms with Gasteiger partial charge >= 0.3 is 17.8 Å². The average molecular weight is 715 g/mol. The van der Waals surface area contributed by atoms with Crippen LogP contribution in [0.2, 0.25) is 0 Å². The smallest absolute Gasteiger partial charge is 0.342 e. The number of carboxylic acids is 1. The number of anilines is 1. The highest BCUT2D eigenvalue weighted by Gasteiger charge is 2.34. The van der Waals surface area contributed by atoms with Crippen LogP contribution < -0.4 is 10.3 Å². The largest absolute Gasteiger partial charge is 0.477 e. The van der Waals surface area contributed by atoms with E-state index in [0.29, 0.717) is 54.8 Å². The highest BCUT2D eigenvalue weighted by Crippen LogP contribution is 2.46. The molecule has 272 valence electrons. The molecule has 2 aliphatic heterocycles. The summed E-state index contributed by atoms with van der Waals surface area (Å²) in [6.07, 6.45) is 11.0. The van der Waals surface area contributed by atoms with E-state index in [9.17, 15) is 29.6 Å². The van der Waals surface area contributed by atoms with E-state index in [0.717, 1.165) is 31.7 Å². The number of halogens is 1. The molecule has 1 aromatic carbocycles. The van der Waals surface area contributed by atoms with E-state index in [4.69, 9.17) is 4.74 Å². The Kier molecular flexibility index (Phi) is 12.5. The molecule has 1 N–H and O–H groups in total. The maximum Gasteiger partial charge on any atom is 0.342 e. The number of ether oxygens (including phenoxy) is 1. The van der Waals surface area contributed by atoms with Crippen LogP contribution in [0.15, 0.2) is 28.2 Å². The molecular weight excluding hydrogens is 667 g/mol. The molecule has 0 spiro atoms. The molecule has 5 rings (SSSR count). The van der Waals surface area contributed by atoms with Gasteiger partial charge in [-0.2, -0.15) is 0 Å². The molecule has 1 saturated heterocycles. The van der Waals surface area contributed by atoms with Gasteiger partial charge in [0, 0.05) is 51.5 Å². The molecule has 0 saturated carbocycles. The number of esters is 1. The fraction of sp³-hybridized carbons (Fsp3) is 0.600. The third-order valence-electron chi connectivity index (χ3n) is 9.65. The van der Waals surface area contributed by atoms with Crippen molar-refractivity contribution >= 4 is 46.1 Å². The SMILES string of the molecule is CCCCCCCCCCCC(=O)OC(CN1CCN(c2cc3c(cc2F)c(=O)c(C(=O)O)c2n3C(C)S2)CC1)Cn1c([N+](=O)[O-])cnc1C. The van der Waals surface area contributed by atoms with Gasteiger partial charge in [-0.1, -0.05) is 70.1 Å². The molecule has 2 aliphatic rings. The molecule has 0 aliphatic carbocycles. The number of piperazine rings is 1. The normalized spacial score (nSPS) is 16.6. The fourth-order valence-corrected chi connectivity index (χ4v) is 8.07. The predicted molar refractivity (Wildman–Crippen MR) is 190 cm³/mol. The zero-order valence-corrected chi connectivity index (χ0v) is 29.9. The van der Waals surface area contributed by atoms with Gasteiger partial charge in [0.05, 0.1) is 21.6 Å². The van der Waals surface area contributed by atoms with Crippen molar-refractivity contribution in [2.24, 2.45) is 0 Å². The summed E-state index contributed by atoms with van der Waals surface area (Å²) < 4.78 is 24.7. The van der Waals surface area contributed by atoms with Crippen LogP contribution in [0.3, 0.4) is 0 Å². The van der Waals surface area contributed by atoms with Gasteiger partial charge in [0.1, 0.15) is 24.1 Å². The molecular formula is C35H47FN6O7S. The number of carbonyl (C=O) groups excluding carboxylic acids is 1. The minimum Gasteiger partial charge on any atom is -0.477 e. The Labute approximate surface area is 294 Å². The van der Waals surface area contributed by atoms with Gasteiger partial charge in [0.15, 0.2) is 11.9 Å². The molecule has 0 radical (unpaired) electrons. The summed E-state index contributed by atoms with van der Waals surface area (Å²) in [5, 5.41) is 21.6. The van der Waals surface area contributed by atoms with Crippen LogP contribution in [0.25, 0.3) is 10.9 Å². The van der Waals surface area contributed by atoms with Crippen LogP contribution >= 0.6 is 11.8 Å². The Morgan fingerprint density at radius 2 is 1.74 bits per heavy atom. The van der Waals surface area contributed by atoms with Crippen LogP contribution in [0.4, 0.5) is 15.9 Å². The predicted octanol–water partition coefficient (Wildman–Crippen LogP) is 6.53. The van der Waals surface area contributed by atoms with Crippen molar-refractivity contribution < 1.29 is 28.7 Å². The van der Waals surface area contributed by atoms with Gasteiger partial charge in [0.25, 0.3) is 0 Å². The number of nitro groups is 1. The van der Waals surface area contributed by atoms with Gasteiger partial charge in [-0.15, -0.1) is 0 Å². The van der Waals surface area contributed by atoms with Gasteiger partial charge in [-0.3, -0.25) is 14.5 Å². The highest BCUT2D eigenvalue weighted by molar-refractivity contribution is 8.00. The number of carboxylic acid groups (broad SMARTS) is 1. The number of rotatable bonds is 18. The molecule has 0 bridgehead atoms. The molecule has 1 fully saturated rings. The summed E-state index contributed by atoms with van der Waals surface area (Å²) in [6.45, 7) is 8.10. The Morgan fingerprint density at radius 3 is 2.36 bits per heavy atom. The lowest BCUT2D eigenvalue weighted by Crippen LogP contribution is -2.50. The monoisotopic (exact) mass is 714 g/mol. The first kappa shape index (κ1) is 37.3. The van der Waals surface area contributed by atoms with Crippen molar-refractivity contribution in [1.29, 1.82) is 0 Å². The van der Waals surface area contributed by atoms with Crippen molar-refractivity contribution in [2.45, 2.75) is 108 Å². The van der Waals surface area contributed by atoms with Crippen LogP contribution in [-0.2, 0) is 16.1 Å². The highest BCUT2D eigenvalue weighted by atomic mass is 32.2. The first-order chi connectivity index (χ1) is 24.0. The molecule has 0 amide bonds. The first-order valence-corrected chi connectivity index (χ1v) is 18.5. The Bertz CT molecular complexity index is 1770. The number of fused-ring (bicyclic) bond motifs is 3. The third kappa shape index (κ3) is 8.48. The van der Waals surface area contributed by atoms with Crippen LogP contribution in [-0.4, -0.2) is 79.8 Å². The van der Waals surface area contributed by atoms with Crippen molar-refractivity contribution in [3.63, 3.8) is 0 Å². The van der Waals surface area contributed by atoms with Gasteiger partial charge in [-0.05, 0) is 30.4 Å².